The van der Waals surface area contributed by atoms with Gasteiger partial charge in [-0.15, -0.1) is 0 Å². The molecule has 1 aliphatic heterocycles. The maximum atomic E-state index is 12.7. The average molecular weight is 383 g/mol. The quantitative estimate of drug-likeness (QED) is 0.756. The van der Waals surface area contributed by atoms with E-state index in [1.807, 2.05) is 47.4 Å². The van der Waals surface area contributed by atoms with E-state index < -0.39 is 0 Å². The molecule has 27 heavy (non-hydrogen) atoms. The molecule has 0 unspecified atom stereocenters. The van der Waals surface area contributed by atoms with E-state index in [-0.39, 0.29) is 17.5 Å². The van der Waals surface area contributed by atoms with Crippen molar-refractivity contribution in [1.82, 2.24) is 19.7 Å². The molecule has 0 radical (unpaired) electrons. The van der Waals surface area contributed by atoms with E-state index in [1.165, 1.54) is 0 Å². The first-order chi connectivity index (χ1) is 13.1. The normalized spacial score (nSPS) is 15.1. The second-order valence-corrected chi connectivity index (χ2v) is 7.01. The third kappa shape index (κ3) is 3.40. The van der Waals surface area contributed by atoms with E-state index in [2.05, 4.69) is 10.2 Å². The largest absolute Gasteiger partial charge is 0.347 e. The van der Waals surface area contributed by atoms with Crippen LogP contribution >= 0.6 is 11.6 Å². The molecule has 1 saturated heterocycles. The molecule has 1 N–H and O–H groups in total. The molecule has 0 atom stereocenters. The summed E-state index contributed by atoms with van der Waals surface area (Å²) in [6, 6.07) is 16.6. The van der Waals surface area contributed by atoms with E-state index >= 15 is 0 Å². The Morgan fingerprint density at radius 3 is 2.41 bits per heavy atom. The Labute approximate surface area is 161 Å². The highest BCUT2D eigenvalue weighted by Gasteiger charge is 2.29. The minimum absolute atomic E-state index is 0.0541. The van der Waals surface area contributed by atoms with Crippen LogP contribution in [0.3, 0.4) is 0 Å². The molecule has 0 bridgehead atoms. The van der Waals surface area contributed by atoms with Crippen molar-refractivity contribution in [3.8, 4) is 5.69 Å². The van der Waals surface area contributed by atoms with Gasteiger partial charge in [-0.25, -0.2) is 14.5 Å². The molecule has 1 amide bonds. The Morgan fingerprint density at radius 1 is 1.04 bits per heavy atom. The van der Waals surface area contributed by atoms with Crippen LogP contribution in [0.1, 0.15) is 34.9 Å². The number of carbonyl (C=O) groups is 1. The number of hydrogen-bond donors (Lipinski definition) is 1. The van der Waals surface area contributed by atoms with E-state index in [1.54, 1.807) is 16.7 Å². The number of H-pyrrole nitrogens is 1. The molecular weight excluding hydrogens is 364 g/mol. The van der Waals surface area contributed by atoms with Gasteiger partial charge in [0.05, 0.1) is 16.3 Å². The predicted molar refractivity (Wildman–Crippen MR) is 104 cm³/mol. The van der Waals surface area contributed by atoms with Crippen molar-refractivity contribution in [3.05, 3.63) is 81.5 Å². The highest BCUT2D eigenvalue weighted by Crippen LogP contribution is 2.28. The fourth-order valence-electron chi connectivity index (χ4n) is 3.56. The molecule has 2 aromatic carbocycles. The topological polar surface area (TPSA) is 71.0 Å². The molecule has 4 rings (SSSR count). The zero-order chi connectivity index (χ0) is 18.8. The van der Waals surface area contributed by atoms with E-state index in [0.29, 0.717) is 23.7 Å². The monoisotopic (exact) mass is 382 g/mol. The van der Waals surface area contributed by atoms with Gasteiger partial charge in [0.15, 0.2) is 0 Å². The lowest BCUT2D eigenvalue weighted by Gasteiger charge is -2.31. The van der Waals surface area contributed by atoms with Gasteiger partial charge in [0.1, 0.15) is 5.82 Å². The molecular formula is C20H19ClN4O2. The first-order valence-corrected chi connectivity index (χ1v) is 9.29. The lowest BCUT2D eigenvalue weighted by molar-refractivity contribution is 0.0711. The summed E-state index contributed by atoms with van der Waals surface area (Å²) < 4.78 is 1.62. The Kier molecular flexibility index (Phi) is 4.81. The van der Waals surface area contributed by atoms with Gasteiger partial charge in [-0.2, -0.15) is 5.10 Å². The lowest BCUT2D eigenvalue weighted by atomic mass is 9.95. The van der Waals surface area contributed by atoms with Crippen LogP contribution in [0.15, 0.2) is 59.4 Å². The third-order valence-corrected chi connectivity index (χ3v) is 5.29. The molecule has 0 saturated carbocycles. The number of likely N-dealkylation sites (tertiary alicyclic amines) is 1. The average Bonchev–Trinajstić information content (AvgIpc) is 3.10. The Balaban J connectivity index is 1.52. The number of aromatic amines is 1. The number of hydrogen-bond acceptors (Lipinski definition) is 3. The zero-order valence-corrected chi connectivity index (χ0v) is 15.4. The Bertz CT molecular complexity index is 1000. The number of carbonyl (C=O) groups excluding carboxylic acids is 1. The van der Waals surface area contributed by atoms with Crippen LogP contribution in [0.25, 0.3) is 5.69 Å². The number of halogens is 1. The van der Waals surface area contributed by atoms with Gasteiger partial charge in [-0.1, -0.05) is 41.9 Å². The number of nitrogens with zero attached hydrogens (tertiary/aromatic N) is 3. The first-order valence-electron chi connectivity index (χ1n) is 8.91. The van der Waals surface area contributed by atoms with Crippen LogP contribution in [0.4, 0.5) is 0 Å². The minimum Gasteiger partial charge on any atom is -0.339 e. The van der Waals surface area contributed by atoms with Gasteiger partial charge in [0.2, 0.25) is 0 Å². The fraction of sp³-hybridized carbons (Fsp3) is 0.250. The van der Waals surface area contributed by atoms with Gasteiger partial charge in [-0.3, -0.25) is 4.79 Å². The van der Waals surface area contributed by atoms with Gasteiger partial charge in [0, 0.05) is 19.0 Å². The standard InChI is InChI=1S/C20H19ClN4O2/c21-17-9-5-4-8-16(17)19(26)24-12-10-14(11-13-24)18-22-23-20(27)25(18)15-6-2-1-3-7-15/h1-9,14H,10-13H2,(H,23,27). The van der Waals surface area contributed by atoms with Crippen LogP contribution in [0, 0.1) is 0 Å². The smallest absolute Gasteiger partial charge is 0.339 e. The number of para-hydroxylation sites is 1. The number of rotatable bonds is 3. The van der Waals surface area contributed by atoms with Crippen molar-refractivity contribution in [1.29, 1.82) is 0 Å². The van der Waals surface area contributed by atoms with Gasteiger partial charge < -0.3 is 4.90 Å². The molecule has 2 heterocycles. The second-order valence-electron chi connectivity index (χ2n) is 6.60. The molecule has 138 valence electrons. The minimum atomic E-state index is -0.245. The van der Waals surface area contributed by atoms with Gasteiger partial charge in [0.25, 0.3) is 5.91 Å². The molecule has 0 spiro atoms. The van der Waals surface area contributed by atoms with Crippen LogP contribution in [0.2, 0.25) is 5.02 Å². The number of aromatic nitrogens is 3. The maximum Gasteiger partial charge on any atom is 0.347 e. The molecule has 1 fully saturated rings. The first kappa shape index (κ1) is 17.5. The fourth-order valence-corrected chi connectivity index (χ4v) is 3.77. The molecule has 6 nitrogen and oxygen atoms in total. The van der Waals surface area contributed by atoms with Crippen molar-refractivity contribution >= 4 is 17.5 Å². The summed E-state index contributed by atoms with van der Waals surface area (Å²) in [7, 11) is 0. The van der Waals surface area contributed by atoms with E-state index in [0.717, 1.165) is 24.4 Å². The van der Waals surface area contributed by atoms with E-state index in [9.17, 15) is 9.59 Å². The van der Waals surface area contributed by atoms with Gasteiger partial charge in [-0.05, 0) is 37.1 Å². The molecule has 7 heteroatoms. The summed E-state index contributed by atoms with van der Waals surface area (Å²) in [5.74, 6) is 0.775. The Morgan fingerprint density at radius 2 is 1.70 bits per heavy atom. The summed E-state index contributed by atoms with van der Waals surface area (Å²) in [5, 5.41) is 7.29. The van der Waals surface area contributed by atoms with Crippen LogP contribution < -0.4 is 5.69 Å². The number of amides is 1. The van der Waals surface area contributed by atoms with Crippen molar-refractivity contribution in [2.24, 2.45) is 0 Å². The molecule has 3 aromatic rings. The third-order valence-electron chi connectivity index (χ3n) is 4.96. The van der Waals surface area contributed by atoms with Crippen LogP contribution in [-0.2, 0) is 0 Å². The Hall–Kier alpha value is -2.86. The summed E-state index contributed by atoms with van der Waals surface area (Å²) in [5.41, 5.74) is 1.07. The summed E-state index contributed by atoms with van der Waals surface area (Å²) in [4.78, 5) is 26.8. The van der Waals surface area contributed by atoms with Crippen LogP contribution in [-0.4, -0.2) is 38.7 Å². The lowest BCUT2D eigenvalue weighted by Crippen LogP contribution is -2.38. The number of benzene rings is 2. The second kappa shape index (κ2) is 7.40. The van der Waals surface area contributed by atoms with Crippen molar-refractivity contribution in [3.63, 3.8) is 0 Å². The van der Waals surface area contributed by atoms with Crippen LogP contribution in [0.5, 0.6) is 0 Å². The van der Waals surface area contributed by atoms with Crippen molar-refractivity contribution in [2.45, 2.75) is 18.8 Å². The SMILES string of the molecule is O=C(c1ccccc1Cl)N1CCC(c2n[nH]c(=O)n2-c2ccccc2)CC1. The molecule has 0 aliphatic carbocycles. The molecule has 1 aromatic heterocycles. The maximum absolute atomic E-state index is 12.7. The summed E-state index contributed by atoms with van der Waals surface area (Å²) in [6.07, 6.45) is 1.49. The number of nitrogens with one attached hydrogen (secondary N) is 1. The highest BCUT2D eigenvalue weighted by atomic mass is 35.5. The van der Waals surface area contributed by atoms with E-state index in [4.69, 9.17) is 11.6 Å². The predicted octanol–water partition coefficient (Wildman–Crippen LogP) is 3.23. The van der Waals surface area contributed by atoms with Gasteiger partial charge >= 0.3 is 5.69 Å². The summed E-state index contributed by atoms with van der Waals surface area (Å²) >= 11 is 6.15. The summed E-state index contributed by atoms with van der Waals surface area (Å²) in [6.45, 7) is 1.20. The molecule has 1 aliphatic rings. The number of piperidine rings is 1. The van der Waals surface area contributed by atoms with Crippen molar-refractivity contribution in [2.75, 3.05) is 13.1 Å². The highest BCUT2D eigenvalue weighted by molar-refractivity contribution is 6.33. The zero-order valence-electron chi connectivity index (χ0n) is 14.6. The van der Waals surface area contributed by atoms with Crippen molar-refractivity contribution < 1.29 is 4.79 Å².